The number of anilines is 1. The molecule has 0 aromatic carbocycles. The number of esters is 1. The number of methoxy groups -OCH3 is 1. The largest absolute Gasteiger partial charge is 0.469 e. The number of carbonyl (C=O) groups is 1. The fourth-order valence-corrected chi connectivity index (χ4v) is 1.48. The molecule has 1 aromatic rings. The van der Waals surface area contributed by atoms with Gasteiger partial charge in [-0.1, -0.05) is 0 Å². The summed E-state index contributed by atoms with van der Waals surface area (Å²) in [5.74, 6) is 0.395. The molecule has 0 aliphatic heterocycles. The molecule has 1 aromatic heterocycles. The highest BCUT2D eigenvalue weighted by Crippen LogP contribution is 2.19. The number of hydrogen-bond acceptors (Lipinski definition) is 5. The topological polar surface area (TPSA) is 64.1 Å². The highest BCUT2D eigenvalue weighted by Gasteiger charge is 2.04. The number of carbonyl (C=O) groups excluding carboxylic acids is 1. The summed E-state index contributed by atoms with van der Waals surface area (Å²) in [5, 5.41) is 3.22. The molecule has 0 saturated carbocycles. The third-order valence-corrected chi connectivity index (χ3v) is 2.55. The maximum atomic E-state index is 10.8. The van der Waals surface area contributed by atoms with Crippen LogP contribution in [-0.4, -0.2) is 29.6 Å². The van der Waals surface area contributed by atoms with Gasteiger partial charge in [-0.25, -0.2) is 4.98 Å². The lowest BCUT2D eigenvalue weighted by molar-refractivity contribution is -0.140. The summed E-state index contributed by atoms with van der Waals surface area (Å²) in [6.07, 6.45) is 2.61. The Labute approximate surface area is 107 Å². The molecule has 0 amide bonds. The molecule has 1 rings (SSSR count). The second-order valence-corrected chi connectivity index (χ2v) is 4.13. The lowest BCUT2D eigenvalue weighted by atomic mass is 10.3. The van der Waals surface area contributed by atoms with E-state index >= 15 is 0 Å². The van der Waals surface area contributed by atoms with Crippen molar-refractivity contribution < 1.29 is 9.53 Å². The number of rotatable bonds is 5. The van der Waals surface area contributed by atoms with Crippen molar-refractivity contribution in [3.63, 3.8) is 0 Å². The van der Waals surface area contributed by atoms with Gasteiger partial charge in [0.25, 0.3) is 0 Å². The molecule has 16 heavy (non-hydrogen) atoms. The molecule has 0 aliphatic carbocycles. The molecule has 1 N–H and O–H groups in total. The van der Waals surface area contributed by atoms with Crippen molar-refractivity contribution in [3.8, 4) is 0 Å². The average Bonchev–Trinajstić information content (AvgIpc) is 2.28. The maximum absolute atomic E-state index is 10.8. The van der Waals surface area contributed by atoms with Gasteiger partial charge in [0.1, 0.15) is 5.82 Å². The van der Waals surface area contributed by atoms with Crippen LogP contribution in [0, 0.1) is 0 Å². The van der Waals surface area contributed by atoms with Gasteiger partial charge in [-0.2, -0.15) is 4.98 Å². The molecule has 0 aliphatic rings. The first-order valence-electron chi connectivity index (χ1n) is 4.62. The van der Waals surface area contributed by atoms with E-state index in [2.05, 4.69) is 36.0 Å². The van der Waals surface area contributed by atoms with E-state index in [0.717, 1.165) is 4.47 Å². The minimum atomic E-state index is -0.221. The Hall–Kier alpha value is -0.880. The number of nitrogens with one attached hydrogen (secondary N) is 1. The fraction of sp³-hybridized carbons (Fsp3) is 0.444. The van der Waals surface area contributed by atoms with Crippen molar-refractivity contribution in [1.29, 1.82) is 0 Å². The smallest absolute Gasteiger partial charge is 0.305 e. The fourth-order valence-electron chi connectivity index (χ4n) is 1.01. The average molecular weight is 309 g/mol. The van der Waals surface area contributed by atoms with Crippen LogP contribution >= 0.6 is 27.5 Å². The molecule has 0 radical (unpaired) electrons. The predicted molar refractivity (Wildman–Crippen MR) is 64.5 cm³/mol. The SMILES string of the molecule is COC(=O)CCCNc1nc(Cl)ncc1Br. The third-order valence-electron chi connectivity index (χ3n) is 1.79. The van der Waals surface area contributed by atoms with Crippen LogP contribution < -0.4 is 5.32 Å². The van der Waals surface area contributed by atoms with Crippen LogP contribution in [0.15, 0.2) is 10.7 Å². The summed E-state index contributed by atoms with van der Waals surface area (Å²) >= 11 is 8.93. The van der Waals surface area contributed by atoms with Crippen molar-refractivity contribution in [1.82, 2.24) is 9.97 Å². The summed E-state index contributed by atoms with van der Waals surface area (Å²) in [6.45, 7) is 0.612. The van der Waals surface area contributed by atoms with Crippen molar-refractivity contribution in [2.45, 2.75) is 12.8 Å². The molecular formula is C9H11BrClN3O2. The van der Waals surface area contributed by atoms with Crippen LogP contribution in [0.1, 0.15) is 12.8 Å². The Balaban J connectivity index is 2.37. The second-order valence-electron chi connectivity index (χ2n) is 2.94. The summed E-state index contributed by atoms with van der Waals surface area (Å²) in [7, 11) is 1.37. The minimum Gasteiger partial charge on any atom is -0.469 e. The van der Waals surface area contributed by atoms with Gasteiger partial charge in [0.2, 0.25) is 5.28 Å². The van der Waals surface area contributed by atoms with Gasteiger partial charge in [-0.3, -0.25) is 4.79 Å². The van der Waals surface area contributed by atoms with Crippen LogP contribution in [0.25, 0.3) is 0 Å². The lowest BCUT2D eigenvalue weighted by Gasteiger charge is -2.06. The Morgan fingerprint density at radius 2 is 2.44 bits per heavy atom. The summed E-state index contributed by atoms with van der Waals surface area (Å²) in [6, 6.07) is 0. The molecule has 0 unspecified atom stereocenters. The van der Waals surface area contributed by atoms with E-state index in [1.807, 2.05) is 0 Å². The quantitative estimate of drug-likeness (QED) is 0.513. The first-order chi connectivity index (χ1) is 7.63. The van der Waals surface area contributed by atoms with Gasteiger partial charge < -0.3 is 10.1 Å². The molecule has 0 fully saturated rings. The number of hydrogen-bond donors (Lipinski definition) is 1. The Kier molecular flexibility index (Phi) is 5.48. The van der Waals surface area contributed by atoms with E-state index in [9.17, 15) is 4.79 Å². The maximum Gasteiger partial charge on any atom is 0.305 e. The molecular weight excluding hydrogens is 297 g/mol. The van der Waals surface area contributed by atoms with Gasteiger partial charge in [0, 0.05) is 19.2 Å². The van der Waals surface area contributed by atoms with E-state index in [0.29, 0.717) is 25.2 Å². The normalized spacial score (nSPS) is 9.94. The lowest BCUT2D eigenvalue weighted by Crippen LogP contribution is -2.08. The van der Waals surface area contributed by atoms with Crippen LogP contribution in [0.5, 0.6) is 0 Å². The van der Waals surface area contributed by atoms with Gasteiger partial charge in [-0.15, -0.1) is 0 Å². The minimum absolute atomic E-state index is 0.179. The monoisotopic (exact) mass is 307 g/mol. The predicted octanol–water partition coefficient (Wildman–Crippen LogP) is 2.26. The molecule has 0 atom stereocenters. The molecule has 0 spiro atoms. The zero-order valence-corrected chi connectivity index (χ0v) is 11.0. The van der Waals surface area contributed by atoms with Crippen LogP contribution in [0.2, 0.25) is 5.28 Å². The molecule has 1 heterocycles. The summed E-state index contributed by atoms with van der Waals surface area (Å²) in [5.41, 5.74) is 0. The van der Waals surface area contributed by atoms with Crippen molar-refractivity contribution >= 4 is 39.3 Å². The van der Waals surface area contributed by atoms with Crippen LogP contribution in [0.4, 0.5) is 5.82 Å². The number of nitrogens with zero attached hydrogens (tertiary/aromatic N) is 2. The van der Waals surface area contributed by atoms with E-state index in [-0.39, 0.29) is 11.3 Å². The molecule has 7 heteroatoms. The van der Waals surface area contributed by atoms with Crippen molar-refractivity contribution in [3.05, 3.63) is 16.0 Å². The summed E-state index contributed by atoms with van der Waals surface area (Å²) < 4.78 is 5.25. The van der Waals surface area contributed by atoms with E-state index in [1.54, 1.807) is 6.20 Å². The third kappa shape index (κ3) is 4.32. The molecule has 88 valence electrons. The molecule has 0 bridgehead atoms. The van der Waals surface area contributed by atoms with Gasteiger partial charge >= 0.3 is 5.97 Å². The Bertz CT molecular complexity index is 376. The molecule has 5 nitrogen and oxygen atoms in total. The first-order valence-corrected chi connectivity index (χ1v) is 5.79. The Morgan fingerprint density at radius 3 is 3.12 bits per heavy atom. The van der Waals surface area contributed by atoms with Crippen LogP contribution in [-0.2, 0) is 9.53 Å². The number of halogens is 2. The first kappa shape index (κ1) is 13.2. The van der Waals surface area contributed by atoms with Crippen molar-refractivity contribution in [2.24, 2.45) is 0 Å². The highest BCUT2D eigenvalue weighted by atomic mass is 79.9. The van der Waals surface area contributed by atoms with Gasteiger partial charge in [0.15, 0.2) is 0 Å². The number of aromatic nitrogens is 2. The zero-order valence-electron chi connectivity index (χ0n) is 8.67. The van der Waals surface area contributed by atoms with Crippen molar-refractivity contribution in [2.75, 3.05) is 19.0 Å². The van der Waals surface area contributed by atoms with Gasteiger partial charge in [-0.05, 0) is 34.0 Å². The number of ether oxygens (including phenoxy) is 1. The highest BCUT2D eigenvalue weighted by molar-refractivity contribution is 9.10. The summed E-state index contributed by atoms with van der Waals surface area (Å²) in [4.78, 5) is 18.6. The van der Waals surface area contributed by atoms with Crippen LogP contribution in [0.3, 0.4) is 0 Å². The van der Waals surface area contributed by atoms with E-state index < -0.39 is 0 Å². The second kappa shape index (κ2) is 6.65. The van der Waals surface area contributed by atoms with Gasteiger partial charge in [0.05, 0.1) is 11.6 Å². The molecule has 0 saturated heterocycles. The van der Waals surface area contributed by atoms with E-state index in [1.165, 1.54) is 7.11 Å². The standard InChI is InChI=1S/C9H11BrClN3O2/c1-16-7(15)3-2-4-12-8-6(10)5-13-9(11)14-8/h5H,2-4H2,1H3,(H,12,13,14). The van der Waals surface area contributed by atoms with E-state index in [4.69, 9.17) is 11.6 Å². The Morgan fingerprint density at radius 1 is 1.69 bits per heavy atom. The zero-order chi connectivity index (χ0) is 12.0.